The molecule has 1 aromatic rings. The van der Waals surface area contributed by atoms with Crippen LogP contribution in [0.4, 0.5) is 4.39 Å². The Hall–Kier alpha value is -1.62. The summed E-state index contributed by atoms with van der Waals surface area (Å²) in [5.74, 6) is -2.95. The van der Waals surface area contributed by atoms with E-state index in [9.17, 15) is 19.1 Å². The number of benzene rings is 1. The molecule has 2 unspecified atom stereocenters. The van der Waals surface area contributed by atoms with Gasteiger partial charge in [0.1, 0.15) is 5.82 Å². The molecule has 4 nitrogen and oxygen atoms in total. The number of carbonyl (C=O) groups is 2. The molecule has 0 aromatic heterocycles. The van der Waals surface area contributed by atoms with Gasteiger partial charge < -0.3 is 10.0 Å². The van der Waals surface area contributed by atoms with E-state index in [-0.39, 0.29) is 22.9 Å². The van der Waals surface area contributed by atoms with Gasteiger partial charge in [0.05, 0.1) is 12.0 Å². The molecule has 2 rings (SSSR count). The van der Waals surface area contributed by atoms with Gasteiger partial charge in [0.25, 0.3) is 0 Å². The minimum absolute atomic E-state index is 0.126. The summed E-state index contributed by atoms with van der Waals surface area (Å²) in [4.78, 5) is 25.1. The van der Waals surface area contributed by atoms with E-state index in [2.05, 4.69) is 0 Å². The highest BCUT2D eigenvalue weighted by Crippen LogP contribution is 2.43. The normalized spacial score (nSPS) is 22.7. The fraction of sp³-hybridized carbons (Fsp3) is 0.467. The predicted molar refractivity (Wildman–Crippen MR) is 76.5 cm³/mol. The van der Waals surface area contributed by atoms with Crippen LogP contribution in [-0.2, 0) is 9.59 Å². The summed E-state index contributed by atoms with van der Waals surface area (Å²) in [5, 5.41) is 9.60. The second-order valence-corrected chi connectivity index (χ2v) is 6.63. The van der Waals surface area contributed by atoms with E-state index in [1.54, 1.807) is 20.8 Å². The number of likely N-dealkylation sites (tertiary alicyclic amines) is 1. The van der Waals surface area contributed by atoms with Crippen molar-refractivity contribution in [3.05, 3.63) is 34.6 Å². The Balaban J connectivity index is 2.57. The third-order valence-corrected chi connectivity index (χ3v) is 3.88. The summed E-state index contributed by atoms with van der Waals surface area (Å²) in [5.41, 5.74) is -0.412. The SMILES string of the molecule is CC(C)(C)N1C(=O)CC(C(=O)O)C1c1ccc(Cl)cc1F. The maximum Gasteiger partial charge on any atom is 0.309 e. The highest BCUT2D eigenvalue weighted by atomic mass is 35.5. The lowest BCUT2D eigenvalue weighted by Gasteiger charge is -2.38. The van der Waals surface area contributed by atoms with E-state index >= 15 is 0 Å². The molecule has 0 radical (unpaired) electrons. The van der Waals surface area contributed by atoms with Crippen molar-refractivity contribution < 1.29 is 19.1 Å². The van der Waals surface area contributed by atoms with E-state index in [0.29, 0.717) is 0 Å². The summed E-state index contributed by atoms with van der Waals surface area (Å²) in [7, 11) is 0. The standard InChI is InChI=1S/C15H17ClFNO3/c1-15(2,3)18-12(19)7-10(14(20)21)13(18)9-5-4-8(16)6-11(9)17/h4-6,10,13H,7H2,1-3H3,(H,20,21). The molecule has 6 heteroatoms. The number of halogens is 2. The molecule has 1 amide bonds. The second-order valence-electron chi connectivity index (χ2n) is 6.19. The minimum Gasteiger partial charge on any atom is -0.481 e. The molecule has 21 heavy (non-hydrogen) atoms. The molecule has 0 saturated carbocycles. The van der Waals surface area contributed by atoms with Crippen molar-refractivity contribution in [1.29, 1.82) is 0 Å². The topological polar surface area (TPSA) is 57.6 Å². The molecule has 1 fully saturated rings. The molecule has 1 N–H and O–H groups in total. The van der Waals surface area contributed by atoms with Crippen LogP contribution in [0.3, 0.4) is 0 Å². The number of amides is 1. The Morgan fingerprint density at radius 2 is 2.05 bits per heavy atom. The van der Waals surface area contributed by atoms with E-state index in [1.807, 2.05) is 0 Å². The van der Waals surface area contributed by atoms with Gasteiger partial charge in [0.2, 0.25) is 5.91 Å². The van der Waals surface area contributed by atoms with Crippen molar-refractivity contribution in [3.8, 4) is 0 Å². The Kier molecular flexibility index (Phi) is 3.97. The van der Waals surface area contributed by atoms with Crippen LogP contribution in [0.5, 0.6) is 0 Å². The molecule has 1 aliphatic rings. The summed E-state index contributed by atoms with van der Waals surface area (Å²) < 4.78 is 14.2. The molecular weight excluding hydrogens is 297 g/mol. The average Bonchev–Trinajstić information content (AvgIpc) is 2.66. The minimum atomic E-state index is -1.10. The van der Waals surface area contributed by atoms with E-state index < -0.39 is 29.3 Å². The first kappa shape index (κ1) is 15.8. The second kappa shape index (κ2) is 5.30. The summed E-state index contributed by atoms with van der Waals surface area (Å²) in [6, 6.07) is 3.27. The van der Waals surface area contributed by atoms with Crippen LogP contribution in [-0.4, -0.2) is 27.4 Å². The number of rotatable bonds is 2. The zero-order valence-electron chi connectivity index (χ0n) is 12.1. The highest BCUT2D eigenvalue weighted by Gasteiger charge is 2.49. The van der Waals surface area contributed by atoms with Gasteiger partial charge in [-0.2, -0.15) is 0 Å². The van der Waals surface area contributed by atoms with Gasteiger partial charge in [-0.05, 0) is 32.9 Å². The molecule has 1 aromatic carbocycles. The van der Waals surface area contributed by atoms with Crippen molar-refractivity contribution in [1.82, 2.24) is 4.90 Å². The first-order valence-corrected chi connectivity index (χ1v) is 7.00. The maximum absolute atomic E-state index is 14.2. The number of carboxylic acid groups (broad SMARTS) is 1. The van der Waals surface area contributed by atoms with Crippen molar-refractivity contribution in [2.75, 3.05) is 0 Å². The number of carbonyl (C=O) groups excluding carboxylic acids is 1. The van der Waals surface area contributed by atoms with Crippen LogP contribution in [0.25, 0.3) is 0 Å². The monoisotopic (exact) mass is 313 g/mol. The van der Waals surface area contributed by atoms with Crippen LogP contribution in [0.1, 0.15) is 38.8 Å². The van der Waals surface area contributed by atoms with Gasteiger partial charge in [-0.15, -0.1) is 0 Å². The van der Waals surface area contributed by atoms with Crippen molar-refractivity contribution >= 4 is 23.5 Å². The zero-order chi connectivity index (χ0) is 15.9. The van der Waals surface area contributed by atoms with Crippen LogP contribution in [0.2, 0.25) is 5.02 Å². The molecule has 2 atom stereocenters. The van der Waals surface area contributed by atoms with Crippen LogP contribution >= 0.6 is 11.6 Å². The Morgan fingerprint density at radius 3 is 2.52 bits per heavy atom. The average molecular weight is 314 g/mol. The molecule has 0 bridgehead atoms. The van der Waals surface area contributed by atoms with Gasteiger partial charge in [0.15, 0.2) is 0 Å². The molecule has 114 valence electrons. The molecule has 1 saturated heterocycles. The maximum atomic E-state index is 14.2. The molecule has 0 spiro atoms. The van der Waals surface area contributed by atoms with Crippen molar-refractivity contribution in [2.45, 2.75) is 38.8 Å². The lowest BCUT2D eigenvalue weighted by Crippen LogP contribution is -2.44. The summed E-state index contributed by atoms with van der Waals surface area (Å²) >= 11 is 5.74. The largest absolute Gasteiger partial charge is 0.481 e. The molecule has 0 aliphatic carbocycles. The highest BCUT2D eigenvalue weighted by molar-refractivity contribution is 6.30. The number of hydrogen-bond acceptors (Lipinski definition) is 2. The lowest BCUT2D eigenvalue weighted by atomic mass is 9.91. The van der Waals surface area contributed by atoms with Gasteiger partial charge in [-0.25, -0.2) is 4.39 Å². The molecule has 1 heterocycles. The van der Waals surface area contributed by atoms with Gasteiger partial charge in [0, 0.05) is 22.5 Å². The number of aliphatic carboxylic acids is 1. The molecular formula is C15H17ClFNO3. The fourth-order valence-electron chi connectivity index (χ4n) is 2.84. The van der Waals surface area contributed by atoms with Crippen LogP contribution in [0.15, 0.2) is 18.2 Å². The van der Waals surface area contributed by atoms with E-state index in [1.165, 1.54) is 17.0 Å². The Labute approximate surface area is 127 Å². The van der Waals surface area contributed by atoms with E-state index in [0.717, 1.165) is 6.07 Å². The van der Waals surface area contributed by atoms with E-state index in [4.69, 9.17) is 11.6 Å². The number of nitrogens with zero attached hydrogens (tertiary/aromatic N) is 1. The quantitative estimate of drug-likeness (QED) is 0.911. The summed E-state index contributed by atoms with van der Waals surface area (Å²) in [6.45, 7) is 5.40. The fourth-order valence-corrected chi connectivity index (χ4v) is 3.00. The Bertz CT molecular complexity index is 597. The van der Waals surface area contributed by atoms with Crippen molar-refractivity contribution in [2.24, 2.45) is 5.92 Å². The van der Waals surface area contributed by atoms with Gasteiger partial charge in [-0.3, -0.25) is 9.59 Å². The first-order chi connectivity index (χ1) is 9.62. The lowest BCUT2D eigenvalue weighted by molar-refractivity contribution is -0.143. The zero-order valence-corrected chi connectivity index (χ0v) is 12.8. The van der Waals surface area contributed by atoms with Crippen LogP contribution < -0.4 is 0 Å². The number of hydrogen-bond donors (Lipinski definition) is 1. The molecule has 1 aliphatic heterocycles. The third-order valence-electron chi connectivity index (χ3n) is 3.64. The van der Waals surface area contributed by atoms with Gasteiger partial charge >= 0.3 is 5.97 Å². The summed E-state index contributed by atoms with van der Waals surface area (Å²) in [6.07, 6.45) is -0.126. The first-order valence-electron chi connectivity index (χ1n) is 6.63. The van der Waals surface area contributed by atoms with Gasteiger partial charge in [-0.1, -0.05) is 17.7 Å². The number of carboxylic acids is 1. The predicted octanol–water partition coefficient (Wildman–Crippen LogP) is 3.25. The smallest absolute Gasteiger partial charge is 0.309 e. The third kappa shape index (κ3) is 2.88. The van der Waals surface area contributed by atoms with Crippen molar-refractivity contribution in [3.63, 3.8) is 0 Å². The Morgan fingerprint density at radius 1 is 1.43 bits per heavy atom. The van der Waals surface area contributed by atoms with Crippen LogP contribution in [0, 0.1) is 11.7 Å².